The molecule has 2 heterocycles. The number of thiocarbonyl (C=S) groups is 1. The van der Waals surface area contributed by atoms with Gasteiger partial charge in [0.1, 0.15) is 0 Å². The number of nitrogens with one attached hydrogen (secondary N) is 2. The van der Waals surface area contributed by atoms with Crippen molar-refractivity contribution in [1.82, 2.24) is 9.88 Å². The van der Waals surface area contributed by atoms with Crippen LogP contribution in [0.15, 0.2) is 47.3 Å². The summed E-state index contributed by atoms with van der Waals surface area (Å²) in [5, 5.41) is 4.74. The van der Waals surface area contributed by atoms with E-state index in [2.05, 4.69) is 10.3 Å². The number of aryl methyl sites for hydroxylation is 1. The fraction of sp³-hybridized carbons (Fsp3) is 0.360. The summed E-state index contributed by atoms with van der Waals surface area (Å²) in [5.74, 6) is 1.17. The van der Waals surface area contributed by atoms with Crippen molar-refractivity contribution in [2.75, 3.05) is 32.7 Å². The highest BCUT2D eigenvalue weighted by Gasteiger charge is 2.22. The number of benzene rings is 2. The Bertz CT molecular complexity index is 1200. The van der Waals surface area contributed by atoms with Crippen LogP contribution in [0.2, 0.25) is 0 Å². The molecule has 2 N–H and O–H groups in total. The largest absolute Gasteiger partial charge is 0.493 e. The van der Waals surface area contributed by atoms with E-state index in [1.54, 1.807) is 20.3 Å². The molecular formula is C25H29N3O4S. The molecule has 1 aromatic heterocycles. The van der Waals surface area contributed by atoms with Gasteiger partial charge in [-0.3, -0.25) is 4.79 Å². The third-order valence-electron chi connectivity index (χ3n) is 5.79. The summed E-state index contributed by atoms with van der Waals surface area (Å²) in [5.41, 5.74) is 3.20. The Morgan fingerprint density at radius 3 is 2.70 bits per heavy atom. The number of methoxy groups -OCH3 is 2. The Balaban J connectivity index is 1.63. The number of hydrogen-bond donors (Lipinski definition) is 2. The Hall–Kier alpha value is -3.10. The quantitative estimate of drug-likeness (QED) is 0.504. The summed E-state index contributed by atoms with van der Waals surface area (Å²) in [6.45, 7) is 3.77. The smallest absolute Gasteiger partial charge is 0.253 e. The second kappa shape index (κ2) is 10.2. The number of H-pyrrole nitrogens is 1. The summed E-state index contributed by atoms with van der Waals surface area (Å²) < 4.78 is 16.6. The van der Waals surface area contributed by atoms with Gasteiger partial charge in [0.25, 0.3) is 5.56 Å². The highest BCUT2D eigenvalue weighted by molar-refractivity contribution is 7.80. The van der Waals surface area contributed by atoms with E-state index in [1.807, 2.05) is 48.2 Å². The molecule has 0 bridgehead atoms. The highest BCUT2D eigenvalue weighted by atomic mass is 32.1. The second-order valence-electron chi connectivity index (χ2n) is 8.23. The first-order valence-corrected chi connectivity index (χ1v) is 11.4. The molecule has 33 heavy (non-hydrogen) atoms. The fourth-order valence-corrected chi connectivity index (χ4v) is 4.34. The number of hydrogen-bond acceptors (Lipinski definition) is 5. The van der Waals surface area contributed by atoms with Gasteiger partial charge in [0.15, 0.2) is 16.6 Å². The van der Waals surface area contributed by atoms with Crippen LogP contribution in [0.4, 0.5) is 5.69 Å². The maximum absolute atomic E-state index is 12.9. The molecule has 0 spiro atoms. The lowest BCUT2D eigenvalue weighted by molar-refractivity contribution is 0.0904. The van der Waals surface area contributed by atoms with Crippen LogP contribution in [-0.4, -0.2) is 48.5 Å². The zero-order valence-corrected chi connectivity index (χ0v) is 20.0. The molecule has 1 fully saturated rings. The van der Waals surface area contributed by atoms with Crippen LogP contribution >= 0.6 is 12.2 Å². The maximum Gasteiger partial charge on any atom is 0.253 e. The Morgan fingerprint density at radius 1 is 1.21 bits per heavy atom. The molecular weight excluding hydrogens is 438 g/mol. The van der Waals surface area contributed by atoms with Crippen LogP contribution in [0, 0.1) is 6.92 Å². The molecule has 1 aliphatic rings. The lowest BCUT2D eigenvalue weighted by Crippen LogP contribution is -2.40. The van der Waals surface area contributed by atoms with Crippen LogP contribution in [0.1, 0.15) is 24.0 Å². The summed E-state index contributed by atoms with van der Waals surface area (Å²) >= 11 is 5.76. The maximum atomic E-state index is 12.9. The number of aromatic amines is 1. The monoisotopic (exact) mass is 467 g/mol. The molecule has 174 valence electrons. The molecule has 7 nitrogen and oxygen atoms in total. The van der Waals surface area contributed by atoms with E-state index in [0.717, 1.165) is 36.1 Å². The number of fused-ring (bicyclic) bond motifs is 1. The Labute approximate surface area is 198 Å². The van der Waals surface area contributed by atoms with Crippen LogP contribution in [-0.2, 0) is 11.3 Å². The van der Waals surface area contributed by atoms with Crippen LogP contribution in [0.3, 0.4) is 0 Å². The van der Waals surface area contributed by atoms with E-state index < -0.39 is 0 Å². The summed E-state index contributed by atoms with van der Waals surface area (Å²) in [4.78, 5) is 17.9. The second-order valence-corrected chi connectivity index (χ2v) is 8.62. The minimum atomic E-state index is -0.162. The van der Waals surface area contributed by atoms with Gasteiger partial charge in [-0.25, -0.2) is 0 Å². The van der Waals surface area contributed by atoms with E-state index >= 15 is 0 Å². The molecule has 0 saturated carbocycles. The SMILES string of the molecule is COc1cc2cc(CN(CC3CCCO3)C(=S)Nc3cccc(C)c3)c(=O)[nH]c2cc1OC. The predicted octanol–water partition coefficient (Wildman–Crippen LogP) is 4.23. The Morgan fingerprint density at radius 2 is 2.00 bits per heavy atom. The topological polar surface area (TPSA) is 75.8 Å². The molecule has 0 amide bonds. The zero-order chi connectivity index (χ0) is 23.4. The normalized spacial score (nSPS) is 15.4. The summed E-state index contributed by atoms with van der Waals surface area (Å²) in [6, 6.07) is 13.6. The van der Waals surface area contributed by atoms with Crippen molar-refractivity contribution in [3.63, 3.8) is 0 Å². The van der Waals surface area contributed by atoms with E-state index in [4.69, 9.17) is 26.4 Å². The van der Waals surface area contributed by atoms with Gasteiger partial charge < -0.3 is 29.4 Å². The summed E-state index contributed by atoms with van der Waals surface area (Å²) in [6.07, 6.45) is 2.11. The van der Waals surface area contributed by atoms with Crippen LogP contribution < -0.4 is 20.3 Å². The number of anilines is 1. The number of rotatable bonds is 7. The zero-order valence-electron chi connectivity index (χ0n) is 19.1. The average molecular weight is 468 g/mol. The molecule has 0 radical (unpaired) electrons. The number of ether oxygens (including phenoxy) is 3. The molecule has 1 atom stereocenters. The minimum absolute atomic E-state index is 0.0890. The molecule has 8 heteroatoms. The first-order valence-electron chi connectivity index (χ1n) is 11.0. The molecule has 1 unspecified atom stereocenters. The molecule has 4 rings (SSSR count). The lowest BCUT2D eigenvalue weighted by atomic mass is 10.1. The highest BCUT2D eigenvalue weighted by Crippen LogP contribution is 2.31. The van der Waals surface area contributed by atoms with Crippen molar-refractivity contribution in [2.24, 2.45) is 0 Å². The van der Waals surface area contributed by atoms with Crippen molar-refractivity contribution in [2.45, 2.75) is 32.4 Å². The number of pyridine rings is 1. The molecule has 0 aliphatic carbocycles. The van der Waals surface area contributed by atoms with Crippen molar-refractivity contribution in [1.29, 1.82) is 0 Å². The molecule has 2 aromatic carbocycles. The molecule has 3 aromatic rings. The van der Waals surface area contributed by atoms with Gasteiger partial charge in [0.05, 0.1) is 32.4 Å². The van der Waals surface area contributed by atoms with Crippen molar-refractivity contribution < 1.29 is 14.2 Å². The predicted molar refractivity (Wildman–Crippen MR) is 134 cm³/mol. The van der Waals surface area contributed by atoms with E-state index in [-0.39, 0.29) is 11.7 Å². The summed E-state index contributed by atoms with van der Waals surface area (Å²) in [7, 11) is 3.16. The minimum Gasteiger partial charge on any atom is -0.493 e. The third-order valence-corrected chi connectivity index (χ3v) is 6.15. The number of nitrogens with zero attached hydrogens (tertiary/aromatic N) is 1. The average Bonchev–Trinajstić information content (AvgIpc) is 3.31. The van der Waals surface area contributed by atoms with Crippen LogP contribution in [0.5, 0.6) is 11.5 Å². The van der Waals surface area contributed by atoms with Crippen molar-refractivity contribution >= 4 is 33.9 Å². The van der Waals surface area contributed by atoms with Crippen molar-refractivity contribution in [3.05, 3.63) is 63.9 Å². The van der Waals surface area contributed by atoms with E-state index in [9.17, 15) is 4.79 Å². The fourth-order valence-electron chi connectivity index (χ4n) is 4.08. The standard InChI is InChI=1S/C25H29N3O4S/c1-16-6-4-7-19(10-16)26-25(33)28(15-20-8-5-9-32-20)14-18-11-17-12-22(30-2)23(31-3)13-21(17)27-24(18)29/h4,6-7,10-13,20H,5,8-9,14-15H2,1-3H3,(H,26,33)(H,27,29). The van der Waals surface area contributed by atoms with Gasteiger partial charge in [0.2, 0.25) is 0 Å². The first-order chi connectivity index (χ1) is 16.0. The number of aromatic nitrogens is 1. The van der Waals surface area contributed by atoms with Gasteiger partial charge in [-0.1, -0.05) is 12.1 Å². The first kappa shape index (κ1) is 23.1. The van der Waals surface area contributed by atoms with Crippen LogP contribution in [0.25, 0.3) is 10.9 Å². The van der Waals surface area contributed by atoms with Gasteiger partial charge in [-0.05, 0) is 61.8 Å². The third kappa shape index (κ3) is 5.46. The molecule has 1 saturated heterocycles. The lowest BCUT2D eigenvalue weighted by Gasteiger charge is -2.28. The van der Waals surface area contributed by atoms with Gasteiger partial charge in [-0.2, -0.15) is 0 Å². The molecule has 1 aliphatic heterocycles. The Kier molecular flexibility index (Phi) is 7.15. The van der Waals surface area contributed by atoms with Crippen molar-refractivity contribution in [3.8, 4) is 11.5 Å². The van der Waals surface area contributed by atoms with Gasteiger partial charge in [0, 0.05) is 35.9 Å². The van der Waals surface area contributed by atoms with E-state index in [0.29, 0.717) is 40.8 Å². The van der Waals surface area contributed by atoms with Gasteiger partial charge >= 0.3 is 0 Å². The van der Waals surface area contributed by atoms with Gasteiger partial charge in [-0.15, -0.1) is 0 Å². The van der Waals surface area contributed by atoms with E-state index in [1.165, 1.54) is 0 Å².